The number of thiazole rings is 1. The van der Waals surface area contributed by atoms with E-state index in [1.54, 1.807) is 50.2 Å². The van der Waals surface area contributed by atoms with Gasteiger partial charge in [-0.15, -0.1) is 4.40 Å². The number of nitrogens with zero attached hydrogens (tertiary/aromatic N) is 2. The first-order valence-corrected chi connectivity index (χ1v) is 10.9. The lowest BCUT2D eigenvalue weighted by Crippen LogP contribution is -2.19. The number of rotatable bonds is 8. The Morgan fingerprint density at radius 2 is 1.59 bits per heavy atom. The standard InChI is InChI=1S/C19H22N2O6S2/c1-24-12-11-21-17-15(26-3)9-10-16(27-4)18(17)28-19(21)20-29(22,23)14-7-5-13(25-2)6-8-14/h5-10H,11-12H2,1-4H3. The van der Waals surface area contributed by atoms with Gasteiger partial charge in [0.1, 0.15) is 27.5 Å². The Kier molecular flexibility index (Phi) is 6.46. The van der Waals surface area contributed by atoms with Crippen LogP contribution in [0.1, 0.15) is 0 Å². The maximum Gasteiger partial charge on any atom is 0.285 e. The minimum absolute atomic E-state index is 0.0768. The molecule has 10 heteroatoms. The van der Waals surface area contributed by atoms with Crippen molar-refractivity contribution in [2.45, 2.75) is 11.4 Å². The zero-order valence-electron chi connectivity index (χ0n) is 16.5. The lowest BCUT2D eigenvalue weighted by atomic mass is 10.3. The molecule has 0 aliphatic carbocycles. The summed E-state index contributed by atoms with van der Waals surface area (Å²) in [4.78, 5) is 0.378. The van der Waals surface area contributed by atoms with E-state index in [2.05, 4.69) is 4.40 Å². The van der Waals surface area contributed by atoms with Crippen LogP contribution < -0.4 is 19.0 Å². The summed E-state index contributed by atoms with van der Waals surface area (Å²) in [6, 6.07) is 9.65. The van der Waals surface area contributed by atoms with Crippen molar-refractivity contribution in [3.8, 4) is 17.2 Å². The highest BCUT2D eigenvalue weighted by Crippen LogP contribution is 2.35. The van der Waals surface area contributed by atoms with E-state index in [9.17, 15) is 8.42 Å². The molecule has 156 valence electrons. The molecule has 29 heavy (non-hydrogen) atoms. The molecule has 2 aromatic carbocycles. The average molecular weight is 439 g/mol. The fourth-order valence-corrected chi connectivity index (χ4v) is 5.19. The van der Waals surface area contributed by atoms with Crippen LogP contribution in [0.25, 0.3) is 10.2 Å². The molecule has 0 atom stereocenters. The molecule has 0 amide bonds. The number of benzene rings is 2. The quantitative estimate of drug-likeness (QED) is 0.537. The Labute approximate surface area is 173 Å². The maximum atomic E-state index is 12.9. The molecular weight excluding hydrogens is 416 g/mol. The largest absolute Gasteiger partial charge is 0.497 e. The van der Waals surface area contributed by atoms with Gasteiger partial charge in [-0.25, -0.2) is 0 Å². The van der Waals surface area contributed by atoms with E-state index in [1.807, 2.05) is 0 Å². The van der Waals surface area contributed by atoms with Crippen molar-refractivity contribution in [2.24, 2.45) is 4.40 Å². The van der Waals surface area contributed by atoms with Crippen molar-refractivity contribution in [1.29, 1.82) is 0 Å². The summed E-state index contributed by atoms with van der Waals surface area (Å²) in [5, 5.41) is 0. The summed E-state index contributed by atoms with van der Waals surface area (Å²) >= 11 is 1.22. The second-order valence-corrected chi connectivity index (χ2v) is 8.50. The van der Waals surface area contributed by atoms with Gasteiger partial charge in [-0.3, -0.25) is 0 Å². The molecule has 0 radical (unpaired) electrons. The molecular formula is C19H22N2O6S2. The lowest BCUT2D eigenvalue weighted by molar-refractivity contribution is 0.187. The van der Waals surface area contributed by atoms with Crippen molar-refractivity contribution < 1.29 is 27.4 Å². The Balaban J connectivity index is 2.26. The molecule has 8 nitrogen and oxygen atoms in total. The van der Waals surface area contributed by atoms with Crippen LogP contribution in [0.5, 0.6) is 17.2 Å². The smallest absolute Gasteiger partial charge is 0.285 e. The summed E-state index contributed by atoms with van der Waals surface area (Å²) < 4.78 is 53.6. The van der Waals surface area contributed by atoms with Gasteiger partial charge in [-0.05, 0) is 36.4 Å². The Morgan fingerprint density at radius 1 is 0.931 bits per heavy atom. The van der Waals surface area contributed by atoms with Gasteiger partial charge < -0.3 is 23.5 Å². The maximum absolute atomic E-state index is 12.9. The van der Waals surface area contributed by atoms with Gasteiger partial charge in [0.05, 0.1) is 32.8 Å². The fraction of sp³-hybridized carbons (Fsp3) is 0.316. The third-order valence-corrected chi connectivity index (χ3v) is 6.76. The van der Waals surface area contributed by atoms with E-state index >= 15 is 0 Å². The van der Waals surface area contributed by atoms with Gasteiger partial charge in [0.25, 0.3) is 10.0 Å². The van der Waals surface area contributed by atoms with Gasteiger partial charge in [0, 0.05) is 13.7 Å². The summed E-state index contributed by atoms with van der Waals surface area (Å²) in [6.07, 6.45) is 0. The number of fused-ring (bicyclic) bond motifs is 1. The van der Waals surface area contributed by atoms with E-state index in [4.69, 9.17) is 18.9 Å². The Bertz CT molecular complexity index is 1160. The Morgan fingerprint density at radius 3 is 2.17 bits per heavy atom. The SMILES string of the molecule is COCCn1c(=NS(=O)(=O)c2ccc(OC)cc2)sc2c(OC)ccc(OC)c21. The molecule has 1 aromatic heterocycles. The minimum atomic E-state index is -3.94. The van der Waals surface area contributed by atoms with Gasteiger partial charge in [0.2, 0.25) is 4.80 Å². The molecule has 0 saturated heterocycles. The van der Waals surface area contributed by atoms with Crippen molar-refractivity contribution in [3.05, 3.63) is 41.2 Å². The van der Waals surface area contributed by atoms with Crippen LogP contribution in [0.15, 0.2) is 45.7 Å². The van der Waals surface area contributed by atoms with E-state index < -0.39 is 10.0 Å². The molecule has 1 heterocycles. The van der Waals surface area contributed by atoms with Crippen LogP contribution in [0.3, 0.4) is 0 Å². The first-order chi connectivity index (χ1) is 13.9. The fourth-order valence-electron chi connectivity index (χ4n) is 2.82. The van der Waals surface area contributed by atoms with Crippen LogP contribution in [0.4, 0.5) is 0 Å². The molecule has 0 aliphatic rings. The molecule has 0 unspecified atom stereocenters. The van der Waals surface area contributed by atoms with Crippen LogP contribution >= 0.6 is 11.3 Å². The monoisotopic (exact) mass is 438 g/mol. The average Bonchev–Trinajstić information content (AvgIpc) is 3.08. The zero-order chi connectivity index (χ0) is 21.0. The summed E-state index contributed by atoms with van der Waals surface area (Å²) in [6.45, 7) is 0.777. The van der Waals surface area contributed by atoms with Crippen molar-refractivity contribution in [1.82, 2.24) is 4.57 Å². The molecule has 0 N–H and O–H groups in total. The highest BCUT2D eigenvalue weighted by molar-refractivity contribution is 7.90. The van der Waals surface area contributed by atoms with E-state index in [-0.39, 0.29) is 4.90 Å². The Hall–Kier alpha value is -2.56. The van der Waals surface area contributed by atoms with Crippen molar-refractivity contribution in [2.75, 3.05) is 35.0 Å². The molecule has 0 fully saturated rings. The number of methoxy groups -OCH3 is 4. The molecule has 3 rings (SSSR count). The predicted molar refractivity (Wildman–Crippen MR) is 111 cm³/mol. The minimum Gasteiger partial charge on any atom is -0.497 e. The molecule has 0 aliphatic heterocycles. The number of ether oxygens (including phenoxy) is 4. The van der Waals surface area contributed by atoms with Gasteiger partial charge in [-0.2, -0.15) is 8.42 Å². The third-order valence-electron chi connectivity index (χ3n) is 4.27. The summed E-state index contributed by atoms with van der Waals surface area (Å²) in [5.74, 6) is 1.77. The first kappa shape index (κ1) is 21.2. The number of hydrogen-bond acceptors (Lipinski definition) is 7. The highest BCUT2D eigenvalue weighted by atomic mass is 32.2. The number of aromatic nitrogens is 1. The molecule has 3 aromatic rings. The van der Waals surface area contributed by atoms with Crippen LogP contribution in [0.2, 0.25) is 0 Å². The van der Waals surface area contributed by atoms with Gasteiger partial charge >= 0.3 is 0 Å². The van der Waals surface area contributed by atoms with E-state index in [1.165, 1.54) is 30.6 Å². The molecule has 0 spiro atoms. The molecule has 0 saturated carbocycles. The van der Waals surface area contributed by atoms with E-state index in [0.29, 0.717) is 40.7 Å². The normalized spacial score (nSPS) is 12.3. The molecule has 0 bridgehead atoms. The lowest BCUT2D eigenvalue weighted by Gasteiger charge is -2.10. The van der Waals surface area contributed by atoms with Crippen molar-refractivity contribution in [3.63, 3.8) is 0 Å². The predicted octanol–water partition coefficient (Wildman–Crippen LogP) is 2.66. The zero-order valence-corrected chi connectivity index (χ0v) is 18.2. The van der Waals surface area contributed by atoms with Crippen LogP contribution in [-0.4, -0.2) is 48.0 Å². The third kappa shape index (κ3) is 4.24. The summed E-state index contributed by atoms with van der Waals surface area (Å²) in [7, 11) is 2.28. The number of hydrogen-bond donors (Lipinski definition) is 0. The summed E-state index contributed by atoms with van der Waals surface area (Å²) in [5.41, 5.74) is 0.706. The number of sulfonamides is 1. The van der Waals surface area contributed by atoms with Crippen LogP contribution in [0, 0.1) is 0 Å². The second kappa shape index (κ2) is 8.85. The van der Waals surface area contributed by atoms with E-state index in [0.717, 1.165) is 4.70 Å². The van der Waals surface area contributed by atoms with Crippen molar-refractivity contribution >= 4 is 31.6 Å². The van der Waals surface area contributed by atoms with Gasteiger partial charge in [-0.1, -0.05) is 11.3 Å². The van der Waals surface area contributed by atoms with Gasteiger partial charge in [0.15, 0.2) is 0 Å². The van der Waals surface area contributed by atoms with Crippen LogP contribution in [-0.2, 0) is 21.3 Å². The topological polar surface area (TPSA) is 88.4 Å². The highest BCUT2D eigenvalue weighted by Gasteiger charge is 2.19. The second-order valence-electron chi connectivity index (χ2n) is 5.92. The first-order valence-electron chi connectivity index (χ1n) is 8.63.